The van der Waals surface area contributed by atoms with E-state index in [0.29, 0.717) is 22.0 Å². The average Bonchev–Trinajstić information content (AvgIpc) is 2.67. The molecule has 0 saturated heterocycles. The van der Waals surface area contributed by atoms with Crippen LogP contribution in [0, 0.1) is 0 Å². The van der Waals surface area contributed by atoms with Crippen LogP contribution in [-0.4, -0.2) is 26.5 Å². The molecular weight excluding hydrogens is 380 g/mol. The number of rotatable bonds is 6. The van der Waals surface area contributed by atoms with Crippen LogP contribution in [-0.2, 0) is 21.4 Å². The van der Waals surface area contributed by atoms with Gasteiger partial charge in [-0.25, -0.2) is 13.1 Å². The number of nitrogens with one attached hydrogen (secondary N) is 2. The molecule has 0 fully saturated rings. The second kappa shape index (κ2) is 7.87. The Morgan fingerprint density at radius 2 is 1.79 bits per heavy atom. The van der Waals surface area contributed by atoms with E-state index in [1.807, 2.05) is 0 Å². The van der Waals surface area contributed by atoms with Gasteiger partial charge in [0.2, 0.25) is 15.9 Å². The number of benzene rings is 3. The molecule has 0 aliphatic rings. The lowest BCUT2D eigenvalue weighted by Crippen LogP contribution is -2.23. The number of sulfonamides is 1. The summed E-state index contributed by atoms with van der Waals surface area (Å²) in [4.78, 5) is 11.5. The highest BCUT2D eigenvalue weighted by Gasteiger charge is 2.18. The van der Waals surface area contributed by atoms with E-state index in [0.717, 1.165) is 0 Å². The zero-order valence-electron chi connectivity index (χ0n) is 15.4. The fourth-order valence-electron chi connectivity index (χ4n) is 2.90. The smallest absolute Gasteiger partial charge is 0.241 e. The first-order chi connectivity index (χ1) is 13.3. The van der Waals surface area contributed by atoms with Gasteiger partial charge in [-0.1, -0.05) is 30.3 Å². The molecule has 0 aliphatic carbocycles. The lowest BCUT2D eigenvalue weighted by Gasteiger charge is -2.13. The number of fused-ring (bicyclic) bond motifs is 1. The normalized spacial score (nSPS) is 11.4. The fourth-order valence-corrected chi connectivity index (χ4v) is 4.14. The van der Waals surface area contributed by atoms with Gasteiger partial charge in [-0.05, 0) is 29.8 Å². The van der Waals surface area contributed by atoms with Gasteiger partial charge in [0.15, 0.2) is 11.5 Å². The van der Waals surface area contributed by atoms with Crippen LogP contribution < -0.4 is 14.8 Å². The SMILES string of the molecule is COc1cc(CNS(=O)(=O)c2cccc3c(NC(C)=O)cccc23)ccc1O. The summed E-state index contributed by atoms with van der Waals surface area (Å²) < 4.78 is 33.4. The van der Waals surface area contributed by atoms with Crippen molar-refractivity contribution in [2.24, 2.45) is 0 Å². The van der Waals surface area contributed by atoms with Crippen molar-refractivity contribution in [3.63, 3.8) is 0 Å². The topological polar surface area (TPSA) is 105 Å². The van der Waals surface area contributed by atoms with Crippen molar-refractivity contribution < 1.29 is 23.1 Å². The molecular formula is C20H20N2O5S. The largest absolute Gasteiger partial charge is 0.504 e. The molecule has 0 aromatic heterocycles. The van der Waals surface area contributed by atoms with Crippen molar-refractivity contribution in [3.8, 4) is 11.5 Å². The molecule has 8 heteroatoms. The second-order valence-electron chi connectivity index (χ2n) is 6.17. The molecule has 0 radical (unpaired) electrons. The molecule has 28 heavy (non-hydrogen) atoms. The first kappa shape index (κ1) is 19.7. The first-order valence-corrected chi connectivity index (χ1v) is 9.95. The monoisotopic (exact) mass is 400 g/mol. The third kappa shape index (κ3) is 4.08. The summed E-state index contributed by atoms with van der Waals surface area (Å²) in [5, 5.41) is 13.5. The van der Waals surface area contributed by atoms with Gasteiger partial charge >= 0.3 is 0 Å². The number of carbonyl (C=O) groups excluding carboxylic acids is 1. The molecule has 3 aromatic carbocycles. The summed E-state index contributed by atoms with van der Waals surface area (Å²) in [5.74, 6) is 0.00984. The highest BCUT2D eigenvalue weighted by Crippen LogP contribution is 2.29. The van der Waals surface area contributed by atoms with Crippen molar-refractivity contribution in [2.45, 2.75) is 18.4 Å². The molecule has 0 atom stereocenters. The van der Waals surface area contributed by atoms with Crippen LogP contribution in [0.15, 0.2) is 59.5 Å². The second-order valence-corrected chi connectivity index (χ2v) is 7.90. The summed E-state index contributed by atoms with van der Waals surface area (Å²) in [5.41, 5.74) is 1.18. The van der Waals surface area contributed by atoms with E-state index in [9.17, 15) is 18.3 Å². The Hall–Kier alpha value is -3.10. The van der Waals surface area contributed by atoms with Crippen molar-refractivity contribution in [3.05, 3.63) is 60.2 Å². The number of amides is 1. The number of methoxy groups -OCH3 is 1. The number of ether oxygens (including phenoxy) is 1. The standard InChI is InChI=1S/C20H20N2O5S/c1-13(23)22-17-7-3-6-16-15(17)5-4-8-20(16)28(25,26)21-12-14-9-10-18(24)19(11-14)27-2/h3-11,21,24H,12H2,1-2H3,(H,22,23). The van der Waals surface area contributed by atoms with Crippen LogP contribution >= 0.6 is 0 Å². The van der Waals surface area contributed by atoms with Crippen LogP contribution in [0.25, 0.3) is 10.8 Å². The van der Waals surface area contributed by atoms with Gasteiger partial charge in [-0.2, -0.15) is 0 Å². The molecule has 1 amide bonds. The Morgan fingerprint density at radius 1 is 1.07 bits per heavy atom. The fraction of sp³-hybridized carbons (Fsp3) is 0.150. The van der Waals surface area contributed by atoms with Gasteiger partial charge < -0.3 is 15.2 Å². The van der Waals surface area contributed by atoms with Crippen molar-refractivity contribution >= 4 is 32.4 Å². The Bertz CT molecular complexity index is 1140. The van der Waals surface area contributed by atoms with Crippen LogP contribution in [0.3, 0.4) is 0 Å². The third-order valence-corrected chi connectivity index (χ3v) is 5.65. The molecule has 0 saturated carbocycles. The summed E-state index contributed by atoms with van der Waals surface area (Å²) >= 11 is 0. The van der Waals surface area contributed by atoms with Crippen molar-refractivity contribution in [2.75, 3.05) is 12.4 Å². The summed E-state index contributed by atoms with van der Waals surface area (Å²) in [6.45, 7) is 1.42. The number of carbonyl (C=O) groups is 1. The van der Waals surface area contributed by atoms with Crippen LogP contribution in [0.5, 0.6) is 11.5 Å². The molecule has 3 rings (SSSR count). The molecule has 146 valence electrons. The maximum Gasteiger partial charge on any atom is 0.241 e. The minimum absolute atomic E-state index is 0.0198. The highest BCUT2D eigenvalue weighted by atomic mass is 32.2. The average molecular weight is 400 g/mol. The lowest BCUT2D eigenvalue weighted by molar-refractivity contribution is -0.114. The predicted octanol–water partition coefficient (Wildman–Crippen LogP) is 2.99. The van der Waals surface area contributed by atoms with Gasteiger partial charge in [-0.15, -0.1) is 0 Å². The van der Waals surface area contributed by atoms with E-state index >= 15 is 0 Å². The van der Waals surface area contributed by atoms with Crippen LogP contribution in [0.2, 0.25) is 0 Å². The zero-order chi connectivity index (χ0) is 20.3. The summed E-state index contributed by atoms with van der Waals surface area (Å²) in [6.07, 6.45) is 0. The number of hydrogen-bond acceptors (Lipinski definition) is 5. The molecule has 3 aromatic rings. The third-order valence-electron chi connectivity index (χ3n) is 4.19. The Kier molecular flexibility index (Phi) is 5.53. The van der Waals surface area contributed by atoms with Gasteiger partial charge in [0, 0.05) is 29.9 Å². The highest BCUT2D eigenvalue weighted by molar-refractivity contribution is 7.89. The number of anilines is 1. The number of phenolic OH excluding ortho intramolecular Hbond substituents is 1. The maximum absolute atomic E-state index is 12.9. The van der Waals surface area contributed by atoms with Crippen LogP contribution in [0.4, 0.5) is 5.69 Å². The minimum Gasteiger partial charge on any atom is -0.504 e. The molecule has 3 N–H and O–H groups in total. The minimum atomic E-state index is -3.83. The number of hydrogen-bond donors (Lipinski definition) is 3. The van der Waals surface area contributed by atoms with Gasteiger partial charge in [0.05, 0.1) is 12.0 Å². The van der Waals surface area contributed by atoms with E-state index < -0.39 is 10.0 Å². The molecule has 0 unspecified atom stereocenters. The van der Waals surface area contributed by atoms with Crippen LogP contribution in [0.1, 0.15) is 12.5 Å². The Labute approximate surface area is 163 Å². The van der Waals surface area contributed by atoms with Gasteiger partial charge in [-0.3, -0.25) is 4.79 Å². The lowest BCUT2D eigenvalue weighted by atomic mass is 10.1. The summed E-state index contributed by atoms with van der Waals surface area (Å²) in [7, 11) is -2.40. The number of aromatic hydroxyl groups is 1. The zero-order valence-corrected chi connectivity index (χ0v) is 16.2. The van der Waals surface area contributed by atoms with E-state index in [4.69, 9.17) is 4.74 Å². The molecule has 7 nitrogen and oxygen atoms in total. The summed E-state index contributed by atoms with van der Waals surface area (Å²) in [6, 6.07) is 14.6. The van der Waals surface area contributed by atoms with Gasteiger partial charge in [0.1, 0.15) is 0 Å². The quantitative estimate of drug-likeness (QED) is 0.590. The Balaban J connectivity index is 1.93. The van der Waals surface area contributed by atoms with Crippen molar-refractivity contribution in [1.29, 1.82) is 0 Å². The van der Waals surface area contributed by atoms with Gasteiger partial charge in [0.25, 0.3) is 0 Å². The van der Waals surface area contributed by atoms with E-state index in [-0.39, 0.29) is 28.8 Å². The molecule has 0 spiro atoms. The predicted molar refractivity (Wildman–Crippen MR) is 107 cm³/mol. The maximum atomic E-state index is 12.9. The van der Waals surface area contributed by atoms with E-state index in [2.05, 4.69) is 10.0 Å². The number of phenols is 1. The molecule has 0 bridgehead atoms. The Morgan fingerprint density at radius 3 is 2.50 bits per heavy atom. The van der Waals surface area contributed by atoms with E-state index in [1.165, 1.54) is 26.2 Å². The first-order valence-electron chi connectivity index (χ1n) is 8.46. The molecule has 0 heterocycles. The van der Waals surface area contributed by atoms with Crippen molar-refractivity contribution in [1.82, 2.24) is 4.72 Å². The molecule has 0 aliphatic heterocycles. The van der Waals surface area contributed by atoms with E-state index in [1.54, 1.807) is 42.5 Å².